The zero-order valence-electron chi connectivity index (χ0n) is 14.1. The lowest BCUT2D eigenvalue weighted by atomic mass is 10.2. The van der Waals surface area contributed by atoms with Crippen molar-refractivity contribution in [1.82, 2.24) is 9.80 Å². The number of fused-ring (bicyclic) bond motifs is 1. The van der Waals surface area contributed by atoms with Gasteiger partial charge in [-0.3, -0.25) is 14.5 Å². The van der Waals surface area contributed by atoms with E-state index < -0.39 is 5.97 Å². The Morgan fingerprint density at radius 1 is 1.25 bits per heavy atom. The van der Waals surface area contributed by atoms with Crippen molar-refractivity contribution in [1.29, 1.82) is 0 Å². The van der Waals surface area contributed by atoms with E-state index in [1.165, 1.54) is 0 Å². The van der Waals surface area contributed by atoms with E-state index in [2.05, 4.69) is 0 Å². The lowest BCUT2D eigenvalue weighted by molar-refractivity contribution is -0.138. The zero-order valence-corrected chi connectivity index (χ0v) is 14.9. The quantitative estimate of drug-likeness (QED) is 0.827. The molecule has 2 rings (SSSR count). The van der Waals surface area contributed by atoms with Gasteiger partial charge in [0.2, 0.25) is 5.91 Å². The summed E-state index contributed by atoms with van der Waals surface area (Å²) >= 11 is 0. The molecule has 2 aromatic rings. The summed E-state index contributed by atoms with van der Waals surface area (Å²) in [6.45, 7) is 2.43. The number of carbonyl (C=O) groups is 2. The standard InChI is InChI=1S/C17H22N2O4.ClH/c1-12(15-10-13-6-4-5-7-14(13)23-15)19(3)16(20)11-18(2)9-8-17(21)22;/h4-7,10,12H,8-9,11H2,1-3H3,(H,21,22);1H. The Hall–Kier alpha value is -2.05. The maximum Gasteiger partial charge on any atom is 0.304 e. The van der Waals surface area contributed by atoms with Gasteiger partial charge in [0.1, 0.15) is 11.3 Å². The van der Waals surface area contributed by atoms with Gasteiger partial charge in [-0.1, -0.05) is 18.2 Å². The number of hydrogen-bond acceptors (Lipinski definition) is 4. The van der Waals surface area contributed by atoms with Crippen molar-refractivity contribution in [3.63, 3.8) is 0 Å². The van der Waals surface area contributed by atoms with Crippen molar-refractivity contribution < 1.29 is 19.1 Å². The van der Waals surface area contributed by atoms with Crippen LogP contribution in [0.25, 0.3) is 11.0 Å². The Morgan fingerprint density at radius 3 is 2.54 bits per heavy atom. The highest BCUT2D eigenvalue weighted by Gasteiger charge is 2.21. The first-order chi connectivity index (χ1) is 10.9. The number of carboxylic acids is 1. The molecular weight excluding hydrogens is 332 g/mol. The summed E-state index contributed by atoms with van der Waals surface area (Å²) in [6.07, 6.45) is 0.0205. The van der Waals surface area contributed by atoms with E-state index in [4.69, 9.17) is 9.52 Å². The van der Waals surface area contributed by atoms with E-state index >= 15 is 0 Å². The maximum absolute atomic E-state index is 12.3. The molecule has 1 amide bonds. The van der Waals surface area contributed by atoms with Crippen molar-refractivity contribution in [3.8, 4) is 0 Å². The van der Waals surface area contributed by atoms with Gasteiger partial charge in [-0.2, -0.15) is 0 Å². The van der Waals surface area contributed by atoms with Crippen LogP contribution in [0.1, 0.15) is 25.1 Å². The minimum Gasteiger partial charge on any atom is -0.481 e. The van der Waals surface area contributed by atoms with Gasteiger partial charge in [0.15, 0.2) is 0 Å². The van der Waals surface area contributed by atoms with Crippen molar-refractivity contribution >= 4 is 35.3 Å². The van der Waals surface area contributed by atoms with Crippen LogP contribution in [0.2, 0.25) is 0 Å². The molecule has 1 atom stereocenters. The molecule has 0 saturated carbocycles. The van der Waals surface area contributed by atoms with Crippen molar-refractivity contribution in [2.75, 3.05) is 27.2 Å². The monoisotopic (exact) mass is 354 g/mol. The zero-order chi connectivity index (χ0) is 17.0. The van der Waals surface area contributed by atoms with Crippen LogP contribution < -0.4 is 0 Å². The topological polar surface area (TPSA) is 74.0 Å². The number of halogens is 1. The average molecular weight is 355 g/mol. The minimum atomic E-state index is -0.867. The van der Waals surface area contributed by atoms with Crippen LogP contribution in [0, 0.1) is 0 Å². The van der Waals surface area contributed by atoms with E-state index in [-0.39, 0.29) is 37.3 Å². The van der Waals surface area contributed by atoms with Crippen LogP contribution in [-0.2, 0) is 9.59 Å². The van der Waals surface area contributed by atoms with Gasteiger partial charge < -0.3 is 14.4 Å². The fourth-order valence-electron chi connectivity index (χ4n) is 2.32. The van der Waals surface area contributed by atoms with Gasteiger partial charge >= 0.3 is 5.97 Å². The molecule has 132 valence electrons. The van der Waals surface area contributed by atoms with Crippen molar-refractivity contribution in [2.45, 2.75) is 19.4 Å². The Balaban J connectivity index is 0.00000288. The molecule has 1 aromatic carbocycles. The summed E-state index contributed by atoms with van der Waals surface area (Å²) in [5, 5.41) is 9.69. The first kappa shape index (κ1) is 20.0. The molecule has 24 heavy (non-hydrogen) atoms. The van der Waals surface area contributed by atoms with Gasteiger partial charge in [-0.05, 0) is 26.1 Å². The molecule has 7 heteroatoms. The molecular formula is C17H23ClN2O4. The van der Waals surface area contributed by atoms with Crippen LogP contribution in [0.3, 0.4) is 0 Å². The second-order valence-corrected chi connectivity index (χ2v) is 5.75. The number of rotatable bonds is 7. The highest BCUT2D eigenvalue weighted by molar-refractivity contribution is 5.85. The second kappa shape index (κ2) is 8.70. The molecule has 1 heterocycles. The third kappa shape index (κ3) is 4.97. The van der Waals surface area contributed by atoms with E-state index in [1.807, 2.05) is 37.3 Å². The lowest BCUT2D eigenvalue weighted by Gasteiger charge is -2.25. The Labute approximate surface area is 147 Å². The highest BCUT2D eigenvalue weighted by atomic mass is 35.5. The van der Waals surface area contributed by atoms with E-state index in [0.717, 1.165) is 16.7 Å². The molecule has 1 N–H and O–H groups in total. The minimum absolute atomic E-state index is 0. The summed E-state index contributed by atoms with van der Waals surface area (Å²) in [7, 11) is 3.46. The highest BCUT2D eigenvalue weighted by Crippen LogP contribution is 2.26. The lowest BCUT2D eigenvalue weighted by Crippen LogP contribution is -2.38. The number of benzene rings is 1. The van der Waals surface area contributed by atoms with Crippen LogP contribution in [0.4, 0.5) is 0 Å². The first-order valence-corrected chi connectivity index (χ1v) is 7.53. The molecule has 0 bridgehead atoms. The predicted octanol–water partition coefficient (Wildman–Crippen LogP) is 2.78. The normalized spacial score (nSPS) is 12.0. The van der Waals surface area contributed by atoms with Crippen molar-refractivity contribution in [3.05, 3.63) is 36.1 Å². The Bertz CT molecular complexity index is 668. The summed E-state index contributed by atoms with van der Waals surface area (Å²) < 4.78 is 5.80. The number of para-hydroxylation sites is 1. The first-order valence-electron chi connectivity index (χ1n) is 7.53. The Kier molecular flexibility index (Phi) is 7.25. The summed E-state index contributed by atoms with van der Waals surface area (Å²) in [5.41, 5.74) is 0.800. The van der Waals surface area contributed by atoms with E-state index in [9.17, 15) is 9.59 Å². The maximum atomic E-state index is 12.3. The smallest absolute Gasteiger partial charge is 0.304 e. The molecule has 1 aromatic heterocycles. The van der Waals surface area contributed by atoms with Crippen LogP contribution >= 0.6 is 12.4 Å². The average Bonchev–Trinajstić information content (AvgIpc) is 2.95. The number of carbonyl (C=O) groups excluding carboxylic acids is 1. The number of nitrogens with zero attached hydrogens (tertiary/aromatic N) is 2. The Morgan fingerprint density at radius 2 is 1.92 bits per heavy atom. The fraction of sp³-hybridized carbons (Fsp3) is 0.412. The number of hydrogen-bond donors (Lipinski definition) is 1. The number of furan rings is 1. The summed E-state index contributed by atoms with van der Waals surface area (Å²) in [5.74, 6) is -0.214. The molecule has 0 radical (unpaired) electrons. The molecule has 1 unspecified atom stereocenters. The van der Waals surface area contributed by atoms with Gasteiger partial charge in [-0.15, -0.1) is 12.4 Å². The predicted molar refractivity (Wildman–Crippen MR) is 94.4 cm³/mol. The molecule has 0 aliphatic rings. The van der Waals surface area contributed by atoms with Crippen LogP contribution in [-0.4, -0.2) is 54.0 Å². The number of carboxylic acid groups (broad SMARTS) is 1. The largest absolute Gasteiger partial charge is 0.481 e. The van der Waals surface area contributed by atoms with Gasteiger partial charge in [0.05, 0.1) is 19.0 Å². The molecule has 0 fully saturated rings. The third-order valence-corrected chi connectivity index (χ3v) is 3.94. The fourth-order valence-corrected chi connectivity index (χ4v) is 2.32. The van der Waals surface area contributed by atoms with Gasteiger partial charge in [0.25, 0.3) is 0 Å². The third-order valence-electron chi connectivity index (χ3n) is 3.94. The van der Waals surface area contributed by atoms with E-state index in [0.29, 0.717) is 6.54 Å². The van der Waals surface area contributed by atoms with Gasteiger partial charge in [0, 0.05) is 19.0 Å². The van der Waals surface area contributed by atoms with Crippen LogP contribution in [0.15, 0.2) is 34.7 Å². The number of amides is 1. The number of aliphatic carboxylic acids is 1. The molecule has 0 spiro atoms. The molecule has 6 nitrogen and oxygen atoms in total. The van der Waals surface area contributed by atoms with Gasteiger partial charge in [-0.25, -0.2) is 0 Å². The van der Waals surface area contributed by atoms with E-state index in [1.54, 1.807) is 23.9 Å². The van der Waals surface area contributed by atoms with Crippen LogP contribution in [0.5, 0.6) is 0 Å². The molecule has 0 aliphatic carbocycles. The summed E-state index contributed by atoms with van der Waals surface area (Å²) in [6, 6.07) is 9.47. The number of likely N-dealkylation sites (N-methyl/N-ethyl adjacent to an activating group) is 2. The summed E-state index contributed by atoms with van der Waals surface area (Å²) in [4.78, 5) is 26.2. The molecule has 0 aliphatic heterocycles. The second-order valence-electron chi connectivity index (χ2n) is 5.75. The molecule has 0 saturated heterocycles. The SMILES string of the molecule is CC(c1cc2ccccc2o1)N(C)C(=O)CN(C)CCC(=O)O.Cl. The van der Waals surface area contributed by atoms with Crippen molar-refractivity contribution in [2.24, 2.45) is 0 Å².